The zero-order valence-corrected chi connectivity index (χ0v) is 14.9. The summed E-state index contributed by atoms with van der Waals surface area (Å²) in [6.45, 7) is 1.81. The summed E-state index contributed by atoms with van der Waals surface area (Å²) in [6.07, 6.45) is 2.04. The van der Waals surface area contributed by atoms with Crippen LogP contribution in [-0.4, -0.2) is 18.0 Å². The van der Waals surface area contributed by atoms with Crippen molar-refractivity contribution in [2.24, 2.45) is 5.73 Å². The molecule has 0 atom stereocenters. The molecule has 2 N–H and O–H groups in total. The second-order valence-corrected chi connectivity index (χ2v) is 6.21. The Morgan fingerprint density at radius 2 is 1.89 bits per heavy atom. The van der Waals surface area contributed by atoms with Gasteiger partial charge in [-0.1, -0.05) is 6.07 Å². The van der Waals surface area contributed by atoms with E-state index in [1.54, 1.807) is 25.3 Å². The van der Waals surface area contributed by atoms with E-state index in [1.165, 1.54) is 13.2 Å². The van der Waals surface area contributed by atoms with Crippen LogP contribution in [0.15, 0.2) is 48.7 Å². The average Bonchev–Trinajstić information content (AvgIpc) is 2.64. The minimum atomic E-state index is -0.998. The number of aromatic nitrogens is 1. The van der Waals surface area contributed by atoms with Crippen LogP contribution < -0.4 is 10.5 Å². The van der Waals surface area contributed by atoms with Gasteiger partial charge >= 0.3 is 0 Å². The normalized spacial score (nSPS) is 10.7. The van der Waals surface area contributed by atoms with Crippen molar-refractivity contribution in [2.75, 3.05) is 7.11 Å². The molecular formula is C21H18F2N2O2. The summed E-state index contributed by atoms with van der Waals surface area (Å²) < 4.78 is 32.2. The molecule has 0 saturated heterocycles. The second kappa shape index (κ2) is 7.53. The number of halogens is 2. The van der Waals surface area contributed by atoms with E-state index in [4.69, 9.17) is 10.5 Å². The van der Waals surface area contributed by atoms with Crippen LogP contribution in [0.25, 0.3) is 11.3 Å². The van der Waals surface area contributed by atoms with Crippen molar-refractivity contribution >= 4 is 5.91 Å². The summed E-state index contributed by atoms with van der Waals surface area (Å²) in [5.74, 6) is -2.55. The predicted octanol–water partition coefficient (Wildman–Crippen LogP) is 4.03. The first-order chi connectivity index (χ1) is 12.9. The molecule has 4 nitrogen and oxygen atoms in total. The molecule has 0 unspecified atom stereocenters. The summed E-state index contributed by atoms with van der Waals surface area (Å²) in [5.41, 5.74) is 9.57. The number of benzene rings is 2. The van der Waals surface area contributed by atoms with E-state index in [-0.39, 0.29) is 5.75 Å². The first-order valence-corrected chi connectivity index (χ1v) is 8.26. The number of rotatable bonds is 5. The molecule has 138 valence electrons. The first kappa shape index (κ1) is 18.5. The number of carbonyl (C=O) groups excluding carboxylic acids is 1. The van der Waals surface area contributed by atoms with E-state index in [2.05, 4.69) is 4.98 Å². The molecule has 0 aliphatic carbocycles. The largest absolute Gasteiger partial charge is 0.494 e. The van der Waals surface area contributed by atoms with Crippen molar-refractivity contribution in [1.29, 1.82) is 0 Å². The SMILES string of the molecule is COc1cc(Cc2ccnc(-c3ccc(C(N)=O)c(C)c3)c2)cc(F)c1F. The Kier molecular flexibility index (Phi) is 5.16. The van der Waals surface area contributed by atoms with Gasteiger partial charge in [-0.2, -0.15) is 4.39 Å². The molecule has 6 heteroatoms. The number of pyridine rings is 1. The third kappa shape index (κ3) is 3.95. The Labute approximate surface area is 155 Å². The summed E-state index contributed by atoms with van der Waals surface area (Å²) in [5, 5.41) is 0. The standard InChI is InChI=1S/C21H18F2N2O2/c1-12-7-15(3-4-16(12)21(24)26)18-10-13(5-6-25-18)8-14-9-17(22)20(23)19(11-14)27-2/h3-7,9-11H,8H2,1-2H3,(H2,24,26). The third-order valence-corrected chi connectivity index (χ3v) is 4.29. The van der Waals surface area contributed by atoms with Crippen LogP contribution in [0, 0.1) is 18.6 Å². The van der Waals surface area contributed by atoms with Gasteiger partial charge in [0.25, 0.3) is 0 Å². The van der Waals surface area contributed by atoms with Gasteiger partial charge in [0, 0.05) is 17.3 Å². The Balaban J connectivity index is 1.92. The molecule has 2 aromatic carbocycles. The van der Waals surface area contributed by atoms with Crippen LogP contribution in [0.2, 0.25) is 0 Å². The summed E-state index contributed by atoms with van der Waals surface area (Å²) in [6, 6.07) is 11.6. The molecule has 0 aliphatic heterocycles. The number of nitrogens with zero attached hydrogens (tertiary/aromatic N) is 1. The van der Waals surface area contributed by atoms with Gasteiger partial charge in [-0.15, -0.1) is 0 Å². The number of carbonyl (C=O) groups is 1. The van der Waals surface area contributed by atoms with Crippen LogP contribution >= 0.6 is 0 Å². The van der Waals surface area contributed by atoms with Gasteiger partial charge in [0.05, 0.1) is 12.8 Å². The maximum absolute atomic E-state index is 13.7. The smallest absolute Gasteiger partial charge is 0.248 e. The Hall–Kier alpha value is -3.28. The fourth-order valence-electron chi connectivity index (χ4n) is 2.95. The highest BCUT2D eigenvalue weighted by Crippen LogP contribution is 2.25. The maximum Gasteiger partial charge on any atom is 0.248 e. The van der Waals surface area contributed by atoms with Gasteiger partial charge in [-0.3, -0.25) is 9.78 Å². The number of hydrogen-bond donors (Lipinski definition) is 1. The summed E-state index contributed by atoms with van der Waals surface area (Å²) >= 11 is 0. The van der Waals surface area contributed by atoms with Gasteiger partial charge in [0.1, 0.15) is 0 Å². The number of amides is 1. The van der Waals surface area contributed by atoms with Gasteiger partial charge in [-0.25, -0.2) is 4.39 Å². The molecular weight excluding hydrogens is 350 g/mol. The lowest BCUT2D eigenvalue weighted by Crippen LogP contribution is -2.12. The van der Waals surface area contributed by atoms with E-state index < -0.39 is 17.5 Å². The number of aryl methyl sites for hydroxylation is 1. The number of nitrogens with two attached hydrogens (primary N) is 1. The van der Waals surface area contributed by atoms with Crippen molar-refractivity contribution in [3.8, 4) is 17.0 Å². The van der Waals surface area contributed by atoms with Crippen LogP contribution in [0.3, 0.4) is 0 Å². The van der Waals surface area contributed by atoms with Gasteiger partial charge in [0.2, 0.25) is 11.7 Å². The van der Waals surface area contributed by atoms with Crippen LogP contribution in [0.5, 0.6) is 5.75 Å². The van der Waals surface area contributed by atoms with E-state index in [0.29, 0.717) is 23.2 Å². The second-order valence-electron chi connectivity index (χ2n) is 6.21. The Bertz CT molecular complexity index is 1020. The highest BCUT2D eigenvalue weighted by atomic mass is 19.2. The highest BCUT2D eigenvalue weighted by Gasteiger charge is 2.12. The lowest BCUT2D eigenvalue weighted by molar-refractivity contribution is 0.0999. The third-order valence-electron chi connectivity index (χ3n) is 4.29. The van der Waals surface area contributed by atoms with E-state index in [1.807, 2.05) is 18.2 Å². The topological polar surface area (TPSA) is 65.2 Å². The van der Waals surface area contributed by atoms with Gasteiger partial charge in [-0.05, 0) is 66.4 Å². The van der Waals surface area contributed by atoms with E-state index >= 15 is 0 Å². The summed E-state index contributed by atoms with van der Waals surface area (Å²) in [4.78, 5) is 15.7. The molecule has 1 heterocycles. The zero-order valence-electron chi connectivity index (χ0n) is 14.9. The van der Waals surface area contributed by atoms with E-state index in [9.17, 15) is 13.6 Å². The number of hydrogen-bond acceptors (Lipinski definition) is 3. The lowest BCUT2D eigenvalue weighted by atomic mass is 10.00. The summed E-state index contributed by atoms with van der Waals surface area (Å²) in [7, 11) is 1.30. The van der Waals surface area contributed by atoms with Crippen molar-refractivity contribution < 1.29 is 18.3 Å². The molecule has 0 aliphatic rings. The predicted molar refractivity (Wildman–Crippen MR) is 98.6 cm³/mol. The quantitative estimate of drug-likeness (QED) is 0.739. The van der Waals surface area contributed by atoms with E-state index in [0.717, 1.165) is 22.8 Å². The molecule has 1 aromatic heterocycles. The highest BCUT2D eigenvalue weighted by molar-refractivity contribution is 5.94. The van der Waals surface area contributed by atoms with Crippen LogP contribution in [0.4, 0.5) is 8.78 Å². The fourth-order valence-corrected chi connectivity index (χ4v) is 2.95. The van der Waals surface area contributed by atoms with Gasteiger partial charge in [0.15, 0.2) is 11.6 Å². The van der Waals surface area contributed by atoms with Crippen molar-refractivity contribution in [3.05, 3.63) is 82.5 Å². The molecule has 0 saturated carbocycles. The zero-order chi connectivity index (χ0) is 19.6. The minimum absolute atomic E-state index is 0.128. The first-order valence-electron chi connectivity index (χ1n) is 8.26. The lowest BCUT2D eigenvalue weighted by Gasteiger charge is -2.09. The Morgan fingerprint density at radius 3 is 2.56 bits per heavy atom. The average molecular weight is 368 g/mol. The van der Waals surface area contributed by atoms with Crippen LogP contribution in [0.1, 0.15) is 27.0 Å². The molecule has 0 fully saturated rings. The number of ether oxygens (including phenoxy) is 1. The van der Waals surface area contributed by atoms with Crippen molar-refractivity contribution in [2.45, 2.75) is 13.3 Å². The molecule has 27 heavy (non-hydrogen) atoms. The molecule has 3 aromatic rings. The fraction of sp³-hybridized carbons (Fsp3) is 0.143. The molecule has 1 amide bonds. The number of methoxy groups -OCH3 is 1. The molecule has 0 radical (unpaired) electrons. The van der Waals surface area contributed by atoms with Crippen molar-refractivity contribution in [3.63, 3.8) is 0 Å². The van der Waals surface area contributed by atoms with Gasteiger partial charge < -0.3 is 10.5 Å². The van der Waals surface area contributed by atoms with Crippen LogP contribution in [-0.2, 0) is 6.42 Å². The molecule has 0 spiro atoms. The molecule has 3 rings (SSSR count). The number of primary amides is 1. The molecule has 0 bridgehead atoms. The monoisotopic (exact) mass is 368 g/mol. The Morgan fingerprint density at radius 1 is 1.11 bits per heavy atom. The van der Waals surface area contributed by atoms with Crippen molar-refractivity contribution in [1.82, 2.24) is 4.98 Å². The minimum Gasteiger partial charge on any atom is -0.494 e. The maximum atomic E-state index is 13.7.